The van der Waals surface area contributed by atoms with E-state index in [1.54, 1.807) is 25.3 Å². The first-order chi connectivity index (χ1) is 9.70. The van der Waals surface area contributed by atoms with E-state index < -0.39 is 5.97 Å². The number of hydrogen-bond donors (Lipinski definition) is 2. The predicted molar refractivity (Wildman–Crippen MR) is 77.6 cm³/mol. The molecule has 2 aromatic carbocycles. The van der Waals surface area contributed by atoms with Crippen LogP contribution < -0.4 is 10.2 Å². The van der Waals surface area contributed by atoms with Crippen LogP contribution in [0.3, 0.4) is 0 Å². The van der Waals surface area contributed by atoms with Crippen LogP contribution in [0.25, 0.3) is 0 Å². The summed E-state index contributed by atoms with van der Waals surface area (Å²) in [6.07, 6.45) is 1.48. The summed E-state index contributed by atoms with van der Waals surface area (Å²) in [6.45, 7) is 0. The van der Waals surface area contributed by atoms with E-state index in [2.05, 4.69) is 10.5 Å². The van der Waals surface area contributed by atoms with Gasteiger partial charge in [-0.05, 0) is 30.3 Å². The fourth-order valence-corrected chi connectivity index (χ4v) is 1.65. The highest BCUT2D eigenvalue weighted by Gasteiger charge is 2.06. The maximum absolute atomic E-state index is 11.0. The van der Waals surface area contributed by atoms with Gasteiger partial charge in [0.1, 0.15) is 5.75 Å². The molecular weight excluding hydrogens is 256 g/mol. The number of hydrazone groups is 1. The molecule has 0 amide bonds. The van der Waals surface area contributed by atoms with Crippen molar-refractivity contribution in [3.63, 3.8) is 0 Å². The first-order valence-corrected chi connectivity index (χ1v) is 5.96. The zero-order valence-corrected chi connectivity index (χ0v) is 10.9. The standard InChI is InChI=1S/C15H14N2O3/c1-20-13-8-6-12(7-9-13)17-16-10-11-4-2-3-5-14(11)15(18)19/h2-10,17H,1H3,(H,18,19)/b16-10+. The topological polar surface area (TPSA) is 70.9 Å². The molecule has 0 aliphatic carbocycles. The molecule has 0 bridgehead atoms. The van der Waals surface area contributed by atoms with Crippen LogP contribution in [0.2, 0.25) is 0 Å². The Kier molecular flexibility index (Phi) is 4.34. The maximum atomic E-state index is 11.0. The van der Waals surface area contributed by atoms with E-state index in [1.165, 1.54) is 12.3 Å². The fraction of sp³-hybridized carbons (Fsp3) is 0.0667. The average molecular weight is 270 g/mol. The summed E-state index contributed by atoms with van der Waals surface area (Å²) in [5.41, 5.74) is 4.38. The van der Waals surface area contributed by atoms with E-state index in [1.807, 2.05) is 24.3 Å². The summed E-state index contributed by atoms with van der Waals surface area (Å²) in [7, 11) is 1.60. The van der Waals surface area contributed by atoms with Gasteiger partial charge in [0, 0.05) is 5.56 Å². The predicted octanol–water partition coefficient (Wildman–Crippen LogP) is 2.84. The minimum atomic E-state index is -0.975. The van der Waals surface area contributed by atoms with Crippen LogP contribution in [0.5, 0.6) is 5.75 Å². The highest BCUT2D eigenvalue weighted by molar-refractivity contribution is 5.98. The third-order valence-electron chi connectivity index (χ3n) is 2.68. The fourth-order valence-electron chi connectivity index (χ4n) is 1.65. The molecule has 0 heterocycles. The van der Waals surface area contributed by atoms with Crippen molar-refractivity contribution >= 4 is 17.9 Å². The number of anilines is 1. The number of nitrogens with one attached hydrogen (secondary N) is 1. The number of carbonyl (C=O) groups is 1. The molecule has 0 saturated heterocycles. The SMILES string of the molecule is COc1ccc(N/N=C/c2ccccc2C(=O)O)cc1. The molecule has 20 heavy (non-hydrogen) atoms. The highest BCUT2D eigenvalue weighted by atomic mass is 16.5. The number of benzene rings is 2. The van der Waals surface area contributed by atoms with Crippen molar-refractivity contribution in [3.05, 3.63) is 59.7 Å². The van der Waals surface area contributed by atoms with Gasteiger partial charge in [-0.25, -0.2) is 4.79 Å². The molecule has 102 valence electrons. The number of ether oxygens (including phenoxy) is 1. The molecule has 2 rings (SSSR count). The Labute approximate surface area is 116 Å². The van der Waals surface area contributed by atoms with Gasteiger partial charge in [0.15, 0.2) is 0 Å². The summed E-state index contributed by atoms with van der Waals surface area (Å²) < 4.78 is 5.05. The van der Waals surface area contributed by atoms with E-state index in [4.69, 9.17) is 9.84 Å². The zero-order chi connectivity index (χ0) is 14.4. The molecule has 0 fully saturated rings. The van der Waals surface area contributed by atoms with Crippen molar-refractivity contribution in [2.24, 2.45) is 5.10 Å². The van der Waals surface area contributed by atoms with E-state index in [0.717, 1.165) is 11.4 Å². The van der Waals surface area contributed by atoms with Crippen LogP contribution in [0.15, 0.2) is 53.6 Å². The van der Waals surface area contributed by atoms with Crippen molar-refractivity contribution < 1.29 is 14.6 Å². The Bertz CT molecular complexity index is 621. The third-order valence-corrected chi connectivity index (χ3v) is 2.68. The van der Waals surface area contributed by atoms with E-state index >= 15 is 0 Å². The van der Waals surface area contributed by atoms with E-state index in [-0.39, 0.29) is 5.56 Å². The molecule has 0 unspecified atom stereocenters. The second-order valence-corrected chi connectivity index (χ2v) is 3.99. The molecule has 0 atom stereocenters. The van der Waals surface area contributed by atoms with Crippen LogP contribution >= 0.6 is 0 Å². The van der Waals surface area contributed by atoms with Gasteiger partial charge >= 0.3 is 5.97 Å². The van der Waals surface area contributed by atoms with Gasteiger partial charge in [-0.15, -0.1) is 0 Å². The number of carboxylic acids is 1. The normalized spacial score (nSPS) is 10.4. The molecule has 0 saturated carbocycles. The largest absolute Gasteiger partial charge is 0.497 e. The highest BCUT2D eigenvalue weighted by Crippen LogP contribution is 2.15. The van der Waals surface area contributed by atoms with Crippen LogP contribution in [-0.2, 0) is 0 Å². The monoisotopic (exact) mass is 270 g/mol. The lowest BCUT2D eigenvalue weighted by atomic mass is 10.1. The number of rotatable bonds is 5. The Balaban J connectivity index is 2.08. The second kappa shape index (κ2) is 6.38. The van der Waals surface area contributed by atoms with Gasteiger partial charge in [-0.1, -0.05) is 18.2 Å². The van der Waals surface area contributed by atoms with Crippen molar-refractivity contribution in [1.82, 2.24) is 0 Å². The number of nitrogens with zero attached hydrogens (tertiary/aromatic N) is 1. The van der Waals surface area contributed by atoms with Crippen molar-refractivity contribution in [1.29, 1.82) is 0 Å². The molecule has 2 aromatic rings. The lowest BCUT2D eigenvalue weighted by Crippen LogP contribution is -2.02. The van der Waals surface area contributed by atoms with Crippen LogP contribution in [0, 0.1) is 0 Å². The lowest BCUT2D eigenvalue weighted by molar-refractivity contribution is 0.0697. The van der Waals surface area contributed by atoms with E-state index in [9.17, 15) is 4.79 Å². The van der Waals surface area contributed by atoms with Gasteiger partial charge in [0.25, 0.3) is 0 Å². The van der Waals surface area contributed by atoms with E-state index in [0.29, 0.717) is 5.56 Å². The summed E-state index contributed by atoms with van der Waals surface area (Å²) in [6, 6.07) is 13.9. The summed E-state index contributed by atoms with van der Waals surface area (Å²) >= 11 is 0. The average Bonchev–Trinajstić information content (AvgIpc) is 2.48. The minimum Gasteiger partial charge on any atom is -0.497 e. The maximum Gasteiger partial charge on any atom is 0.336 e. The van der Waals surface area contributed by atoms with Gasteiger partial charge in [-0.2, -0.15) is 5.10 Å². The minimum absolute atomic E-state index is 0.216. The van der Waals surface area contributed by atoms with Crippen molar-refractivity contribution in [3.8, 4) is 5.75 Å². The number of carboxylic acid groups (broad SMARTS) is 1. The lowest BCUT2D eigenvalue weighted by Gasteiger charge is -2.03. The molecule has 0 spiro atoms. The Morgan fingerprint density at radius 3 is 2.55 bits per heavy atom. The third kappa shape index (κ3) is 3.35. The molecule has 0 aliphatic rings. The Hall–Kier alpha value is -2.82. The van der Waals surface area contributed by atoms with Gasteiger partial charge < -0.3 is 9.84 Å². The van der Waals surface area contributed by atoms with Crippen molar-refractivity contribution in [2.75, 3.05) is 12.5 Å². The first-order valence-electron chi connectivity index (χ1n) is 5.96. The number of aromatic carboxylic acids is 1. The van der Waals surface area contributed by atoms with Crippen LogP contribution in [-0.4, -0.2) is 24.4 Å². The molecule has 0 aromatic heterocycles. The Morgan fingerprint density at radius 2 is 1.90 bits per heavy atom. The van der Waals surface area contributed by atoms with Crippen LogP contribution in [0.4, 0.5) is 5.69 Å². The molecule has 0 aliphatic heterocycles. The van der Waals surface area contributed by atoms with Crippen molar-refractivity contribution in [2.45, 2.75) is 0 Å². The Morgan fingerprint density at radius 1 is 1.20 bits per heavy atom. The quantitative estimate of drug-likeness (QED) is 0.647. The molecular formula is C15H14N2O3. The second-order valence-electron chi connectivity index (χ2n) is 3.99. The number of hydrogen-bond acceptors (Lipinski definition) is 4. The van der Waals surface area contributed by atoms with Gasteiger partial charge in [-0.3, -0.25) is 5.43 Å². The molecule has 2 N–H and O–H groups in total. The van der Waals surface area contributed by atoms with Gasteiger partial charge in [0.2, 0.25) is 0 Å². The smallest absolute Gasteiger partial charge is 0.336 e. The van der Waals surface area contributed by atoms with Gasteiger partial charge in [0.05, 0.1) is 24.6 Å². The summed E-state index contributed by atoms with van der Waals surface area (Å²) in [5.74, 6) is -0.216. The number of methoxy groups -OCH3 is 1. The van der Waals surface area contributed by atoms with Crippen LogP contribution in [0.1, 0.15) is 15.9 Å². The molecule has 5 heteroatoms. The molecule has 0 radical (unpaired) electrons. The summed E-state index contributed by atoms with van der Waals surface area (Å²) in [4.78, 5) is 11.0. The first kappa shape index (κ1) is 13.6. The zero-order valence-electron chi connectivity index (χ0n) is 10.9. The summed E-state index contributed by atoms with van der Waals surface area (Å²) in [5, 5.41) is 13.1. The molecule has 5 nitrogen and oxygen atoms in total.